The predicted molar refractivity (Wildman–Crippen MR) is 14.2 cm³/mol. The van der Waals surface area contributed by atoms with Gasteiger partial charge in [-0.3, -0.25) is 9.11 Å². The average molecular weight is 355 g/mol. The Balaban J connectivity index is -0.0000000800. The minimum absolute atomic E-state index is 0. The van der Waals surface area contributed by atoms with Crippen molar-refractivity contribution < 1.29 is 62.3 Å². The van der Waals surface area contributed by atoms with Gasteiger partial charge in [-0.15, -0.1) is 0 Å². The van der Waals surface area contributed by atoms with Crippen molar-refractivity contribution in [3.63, 3.8) is 0 Å². The van der Waals surface area contributed by atoms with Gasteiger partial charge < -0.3 is 0 Å². The third kappa shape index (κ3) is 118. The van der Waals surface area contributed by atoms with Gasteiger partial charge in [-0.2, -0.15) is 8.42 Å². The first kappa shape index (κ1) is 15.8. The first-order valence-electron chi connectivity index (χ1n) is 0.698. The Morgan fingerprint density at radius 2 is 1.14 bits per heavy atom. The molecule has 0 aliphatic carbocycles. The molecule has 2 N–H and O–H groups in total. The van der Waals surface area contributed by atoms with E-state index in [2.05, 4.69) is 0 Å². The second-order valence-corrected chi connectivity index (χ2v) is 1.34. The molecule has 0 aromatic carbocycles. The molecule has 0 unspecified atom stereocenters. The summed E-state index contributed by atoms with van der Waals surface area (Å²) >= 11 is 0. The summed E-state index contributed by atoms with van der Waals surface area (Å²) in [5.74, 6) is 0. The number of rotatable bonds is 0. The molecule has 0 bridgehead atoms. The van der Waals surface area contributed by atoms with Crippen LogP contribution in [-0.4, -0.2) is 17.5 Å². The van der Waals surface area contributed by atoms with Crippen LogP contribution in [0.15, 0.2) is 0 Å². The van der Waals surface area contributed by atoms with Crippen LogP contribution in [0.5, 0.6) is 0 Å². The Morgan fingerprint density at radius 1 is 1.14 bits per heavy atom. The van der Waals surface area contributed by atoms with Gasteiger partial charge in [-0.05, 0) is 0 Å². The minimum atomic E-state index is -4.67. The van der Waals surface area contributed by atoms with E-state index >= 15 is 0 Å². The second-order valence-electron chi connectivity index (χ2n) is 0.448. The molecule has 7 heavy (non-hydrogen) atoms. The molecule has 42 valence electrons. The van der Waals surface area contributed by atoms with Gasteiger partial charge in [-0.25, -0.2) is 0 Å². The van der Waals surface area contributed by atoms with E-state index in [-0.39, 0.29) is 44.7 Å². The number of hydrogen-bond acceptors (Lipinski definition) is 2. The van der Waals surface area contributed by atoms with E-state index in [0.717, 1.165) is 0 Å². The molecule has 0 saturated carbocycles. The zero-order chi connectivity index (χ0) is 4.50. The minimum Gasteiger partial charge on any atom is -0.264 e. The van der Waals surface area contributed by atoms with Gasteiger partial charge in [-0.1, -0.05) is 0 Å². The molecule has 0 amide bonds. The molecule has 0 aliphatic heterocycles. The Kier molecular flexibility index (Phi) is 12.3. The fourth-order valence-corrected chi connectivity index (χ4v) is 0. The SMILES string of the molecule is O=S(=O)(O)O.[Fe].[Hg]. The van der Waals surface area contributed by atoms with Crippen molar-refractivity contribution in [2.75, 3.05) is 0 Å². The summed E-state index contributed by atoms with van der Waals surface area (Å²) < 4.78 is 31.6. The molecule has 0 fully saturated rings. The van der Waals surface area contributed by atoms with E-state index in [1.54, 1.807) is 0 Å². The molecule has 0 spiro atoms. The third-order valence-electron chi connectivity index (χ3n) is 0. The van der Waals surface area contributed by atoms with E-state index in [1.807, 2.05) is 0 Å². The van der Waals surface area contributed by atoms with Crippen molar-refractivity contribution in [2.24, 2.45) is 0 Å². The Morgan fingerprint density at radius 3 is 1.14 bits per heavy atom. The van der Waals surface area contributed by atoms with E-state index in [9.17, 15) is 0 Å². The van der Waals surface area contributed by atoms with Gasteiger partial charge >= 0.3 is 10.4 Å². The normalized spacial score (nSPS) is 8.29. The van der Waals surface area contributed by atoms with E-state index in [4.69, 9.17) is 17.5 Å². The molecule has 0 aromatic heterocycles. The third-order valence-corrected chi connectivity index (χ3v) is 0. The molecule has 7 heteroatoms. The maximum Gasteiger partial charge on any atom is 0.394 e. The largest absolute Gasteiger partial charge is 0.394 e. The zero-order valence-electron chi connectivity index (χ0n) is 3.18. The molecule has 0 aliphatic rings. The second kappa shape index (κ2) is 5.46. The Labute approximate surface area is 72.2 Å². The first-order chi connectivity index (χ1) is 2.00. The molecular formula is H2FeHgO4S. The molecule has 0 rings (SSSR count). The summed E-state index contributed by atoms with van der Waals surface area (Å²) in [6.07, 6.45) is 0. The van der Waals surface area contributed by atoms with Crippen molar-refractivity contribution in [1.82, 2.24) is 0 Å². The first-order valence-corrected chi connectivity index (χ1v) is 2.10. The van der Waals surface area contributed by atoms with Gasteiger partial charge in [0, 0.05) is 44.7 Å². The van der Waals surface area contributed by atoms with Gasteiger partial charge in [0.15, 0.2) is 0 Å². The molecule has 4 nitrogen and oxygen atoms in total. The molecule has 0 saturated heterocycles. The fourth-order valence-electron chi connectivity index (χ4n) is 0. The average Bonchev–Trinajstić information content (AvgIpc) is 0.722. The quantitative estimate of drug-likeness (QED) is 0.447. The zero-order valence-corrected chi connectivity index (χ0v) is 10.6. The van der Waals surface area contributed by atoms with Gasteiger partial charge in [0.2, 0.25) is 0 Å². The van der Waals surface area contributed by atoms with Crippen molar-refractivity contribution in [2.45, 2.75) is 0 Å². The van der Waals surface area contributed by atoms with E-state index in [0.29, 0.717) is 0 Å². The summed E-state index contributed by atoms with van der Waals surface area (Å²) in [6, 6.07) is 0. The van der Waals surface area contributed by atoms with E-state index < -0.39 is 10.4 Å². The summed E-state index contributed by atoms with van der Waals surface area (Å²) in [5.41, 5.74) is 0. The summed E-state index contributed by atoms with van der Waals surface area (Å²) in [4.78, 5) is 0. The molecule has 0 atom stereocenters. The Hall–Kier alpha value is 1.32. The van der Waals surface area contributed by atoms with Gasteiger partial charge in [0.1, 0.15) is 0 Å². The molecule has 0 heterocycles. The van der Waals surface area contributed by atoms with Crippen LogP contribution >= 0.6 is 0 Å². The van der Waals surface area contributed by atoms with Crippen LogP contribution in [0.4, 0.5) is 0 Å². The van der Waals surface area contributed by atoms with E-state index in [1.165, 1.54) is 0 Å². The fraction of sp³-hybridized carbons (Fsp3) is 0. The maximum atomic E-state index is 8.74. The van der Waals surface area contributed by atoms with Crippen LogP contribution < -0.4 is 0 Å². The van der Waals surface area contributed by atoms with Crippen molar-refractivity contribution in [3.8, 4) is 0 Å². The van der Waals surface area contributed by atoms with Gasteiger partial charge in [0.05, 0.1) is 0 Å². The Bertz CT molecular complexity index is 94.9. The standard InChI is InChI=1S/Fe.Hg.H2O4S/c;;1-5(2,3)4/h;;(H2,1,2,3,4). The smallest absolute Gasteiger partial charge is 0.264 e. The topological polar surface area (TPSA) is 74.6 Å². The van der Waals surface area contributed by atoms with Crippen molar-refractivity contribution >= 4 is 10.4 Å². The van der Waals surface area contributed by atoms with Crippen LogP contribution in [0.2, 0.25) is 0 Å². The van der Waals surface area contributed by atoms with Crippen LogP contribution in [0, 0.1) is 0 Å². The monoisotopic (exact) mass is 356 g/mol. The van der Waals surface area contributed by atoms with Gasteiger partial charge in [0.25, 0.3) is 0 Å². The molecular weight excluding hydrogens is 352 g/mol. The summed E-state index contributed by atoms with van der Waals surface area (Å²) in [5, 5.41) is 0. The number of hydrogen-bond donors (Lipinski definition) is 2. The maximum absolute atomic E-state index is 8.74. The van der Waals surface area contributed by atoms with Crippen molar-refractivity contribution in [3.05, 3.63) is 0 Å². The van der Waals surface area contributed by atoms with Crippen LogP contribution in [0.1, 0.15) is 0 Å². The van der Waals surface area contributed by atoms with Crippen molar-refractivity contribution in [1.29, 1.82) is 0 Å². The molecule has 0 radical (unpaired) electrons. The van der Waals surface area contributed by atoms with Crippen LogP contribution in [-0.2, 0) is 55.1 Å². The summed E-state index contributed by atoms with van der Waals surface area (Å²) in [7, 11) is -4.67. The van der Waals surface area contributed by atoms with Crippen LogP contribution in [0.3, 0.4) is 0 Å². The predicted octanol–water partition coefficient (Wildman–Crippen LogP) is -0.658. The molecule has 0 aromatic rings. The van der Waals surface area contributed by atoms with Crippen LogP contribution in [0.25, 0.3) is 0 Å². The summed E-state index contributed by atoms with van der Waals surface area (Å²) in [6.45, 7) is 0.